The van der Waals surface area contributed by atoms with E-state index in [-0.39, 0.29) is 0 Å². The van der Waals surface area contributed by atoms with Crippen LogP contribution in [-0.2, 0) is 4.79 Å². The number of carbonyl (C=O) groups is 2. The Balaban J connectivity index is 2.23. The monoisotopic (exact) mass is 289 g/mol. The Hall–Kier alpha value is -2.47. The van der Waals surface area contributed by atoms with Crippen LogP contribution in [-0.4, -0.2) is 26.9 Å². The average molecular weight is 289 g/mol. The molecule has 2 rings (SSSR count). The van der Waals surface area contributed by atoms with Gasteiger partial charge in [-0.3, -0.25) is 4.79 Å². The summed E-state index contributed by atoms with van der Waals surface area (Å²) in [6.45, 7) is 0. The molecule has 102 valence electrons. The van der Waals surface area contributed by atoms with Gasteiger partial charge in [-0.15, -0.1) is 0 Å². The maximum Gasteiger partial charge on any atom is 0.371 e. The first-order valence-electron chi connectivity index (χ1n) is 5.66. The first-order valence-corrected chi connectivity index (χ1v) is 6.47. The third kappa shape index (κ3) is 3.30. The third-order valence-corrected chi connectivity index (χ3v) is 3.50. The fourth-order valence-electron chi connectivity index (χ4n) is 1.51. The lowest BCUT2D eigenvalue weighted by Gasteiger charge is -2.01. The molecular weight excluding hydrogens is 278 g/mol. The minimum absolute atomic E-state index is 0.312. The molecule has 5 nitrogen and oxygen atoms in total. The summed E-state index contributed by atoms with van der Waals surface area (Å²) in [5.74, 6) is -3.08. The Bertz CT molecular complexity index is 661. The third-order valence-electron chi connectivity index (χ3n) is 2.43. The van der Waals surface area contributed by atoms with Crippen molar-refractivity contribution in [1.82, 2.24) is 4.98 Å². The highest BCUT2D eigenvalue weighted by Gasteiger charge is 2.14. The van der Waals surface area contributed by atoms with Crippen molar-refractivity contribution in [3.05, 3.63) is 60.1 Å². The molecule has 1 aromatic carbocycles. The Morgan fingerprint density at radius 2 is 1.80 bits per heavy atom. The van der Waals surface area contributed by atoms with E-state index >= 15 is 0 Å². The molecular formula is C14H11NO4S. The molecule has 0 saturated carbocycles. The van der Waals surface area contributed by atoms with Crippen LogP contribution in [0.1, 0.15) is 10.4 Å². The quantitative estimate of drug-likeness (QED) is 0.447. The van der Waals surface area contributed by atoms with Crippen molar-refractivity contribution in [3.63, 3.8) is 0 Å². The number of ketones is 1. The average Bonchev–Trinajstić information content (AvgIpc) is 2.88. The van der Waals surface area contributed by atoms with Crippen molar-refractivity contribution in [1.29, 1.82) is 0 Å². The zero-order valence-corrected chi connectivity index (χ0v) is 11.1. The molecule has 3 N–H and O–H groups in total. The molecule has 1 aromatic heterocycles. The van der Waals surface area contributed by atoms with Crippen LogP contribution in [0.5, 0.6) is 0 Å². The lowest BCUT2D eigenvalue weighted by Crippen LogP contribution is -2.03. The minimum atomic E-state index is -1.54. The van der Waals surface area contributed by atoms with E-state index in [1.807, 2.05) is 30.3 Å². The van der Waals surface area contributed by atoms with E-state index in [4.69, 9.17) is 10.2 Å². The number of aromatic nitrogens is 1. The molecule has 0 aliphatic carbocycles. The number of carbonyl (C=O) groups excluding carboxylic acids is 1. The second-order valence-electron chi connectivity index (χ2n) is 3.85. The number of carboxylic acid groups (broad SMARTS) is 1. The summed E-state index contributed by atoms with van der Waals surface area (Å²) >= 11 is 1.37. The van der Waals surface area contributed by atoms with Crippen molar-refractivity contribution in [2.24, 2.45) is 0 Å². The highest BCUT2D eigenvalue weighted by atomic mass is 32.2. The van der Waals surface area contributed by atoms with Gasteiger partial charge in [0, 0.05) is 28.3 Å². The number of aliphatic hydroxyl groups is 1. The van der Waals surface area contributed by atoms with Crippen LogP contribution >= 0.6 is 11.8 Å². The summed E-state index contributed by atoms with van der Waals surface area (Å²) in [4.78, 5) is 26.8. The first kappa shape index (κ1) is 14.0. The number of H-pyrrole nitrogens is 1. The van der Waals surface area contributed by atoms with Gasteiger partial charge in [-0.25, -0.2) is 4.79 Å². The van der Waals surface area contributed by atoms with Crippen LogP contribution in [0.25, 0.3) is 0 Å². The fraction of sp³-hybridized carbons (Fsp3) is 0. The number of aromatic amines is 1. The van der Waals surface area contributed by atoms with E-state index in [9.17, 15) is 9.59 Å². The summed E-state index contributed by atoms with van der Waals surface area (Å²) in [6.07, 6.45) is 3.82. The maximum absolute atomic E-state index is 11.9. The molecule has 0 fully saturated rings. The molecule has 0 aliphatic heterocycles. The lowest BCUT2D eigenvalue weighted by molar-refractivity contribution is -0.135. The number of aliphatic hydroxyl groups excluding tert-OH is 1. The molecule has 0 amide bonds. The predicted molar refractivity (Wildman–Crippen MR) is 74.0 cm³/mol. The number of allylic oxidation sites excluding steroid dienone is 1. The van der Waals surface area contributed by atoms with Gasteiger partial charge >= 0.3 is 5.97 Å². The number of aliphatic carboxylic acids is 1. The zero-order chi connectivity index (χ0) is 14.5. The molecule has 0 aliphatic rings. The number of carboxylic acids is 1. The zero-order valence-electron chi connectivity index (χ0n) is 10.2. The Kier molecular flexibility index (Phi) is 4.27. The number of hydrogen-bond acceptors (Lipinski definition) is 4. The summed E-state index contributed by atoms with van der Waals surface area (Å²) in [5.41, 5.74) is 0.312. The Morgan fingerprint density at radius 1 is 1.10 bits per heavy atom. The number of hydrogen-bond donors (Lipinski definition) is 3. The highest BCUT2D eigenvalue weighted by molar-refractivity contribution is 7.99. The highest BCUT2D eigenvalue weighted by Crippen LogP contribution is 2.30. The van der Waals surface area contributed by atoms with Crippen molar-refractivity contribution < 1.29 is 19.8 Å². The van der Waals surface area contributed by atoms with Gasteiger partial charge in [-0.05, 0) is 12.1 Å². The minimum Gasteiger partial charge on any atom is -0.502 e. The van der Waals surface area contributed by atoms with Gasteiger partial charge in [-0.1, -0.05) is 30.0 Å². The molecule has 0 radical (unpaired) electrons. The molecule has 0 unspecified atom stereocenters. The summed E-state index contributed by atoms with van der Waals surface area (Å²) in [5, 5.41) is 17.6. The molecule has 0 saturated heterocycles. The first-order chi connectivity index (χ1) is 9.58. The van der Waals surface area contributed by atoms with Gasteiger partial charge in [0.05, 0.1) is 5.56 Å². The van der Waals surface area contributed by atoms with Gasteiger partial charge < -0.3 is 15.2 Å². The van der Waals surface area contributed by atoms with Crippen LogP contribution in [0.3, 0.4) is 0 Å². The Labute approximate surface area is 119 Å². The lowest BCUT2D eigenvalue weighted by atomic mass is 10.2. The van der Waals surface area contributed by atoms with Gasteiger partial charge in [0.15, 0.2) is 5.78 Å². The van der Waals surface area contributed by atoms with E-state index in [0.29, 0.717) is 16.5 Å². The van der Waals surface area contributed by atoms with Crippen molar-refractivity contribution in [3.8, 4) is 0 Å². The molecule has 0 atom stereocenters. The molecule has 1 heterocycles. The SMILES string of the molecule is O=C(O)C(O)=CC(=O)c1c[nH]cc1Sc1ccccc1. The van der Waals surface area contributed by atoms with Gasteiger partial charge in [-0.2, -0.15) is 0 Å². The fourth-order valence-corrected chi connectivity index (χ4v) is 2.45. The second kappa shape index (κ2) is 6.12. The predicted octanol–water partition coefficient (Wildman–Crippen LogP) is 2.88. The van der Waals surface area contributed by atoms with Crippen molar-refractivity contribution in [2.75, 3.05) is 0 Å². The van der Waals surface area contributed by atoms with Gasteiger partial charge in [0.1, 0.15) is 0 Å². The second-order valence-corrected chi connectivity index (χ2v) is 4.96. The molecule has 2 aromatic rings. The maximum atomic E-state index is 11.9. The summed E-state index contributed by atoms with van der Waals surface area (Å²) in [7, 11) is 0. The summed E-state index contributed by atoms with van der Waals surface area (Å²) in [6, 6.07) is 9.45. The van der Waals surface area contributed by atoms with Crippen LogP contribution < -0.4 is 0 Å². The number of benzene rings is 1. The topological polar surface area (TPSA) is 90.4 Å². The van der Waals surface area contributed by atoms with E-state index in [1.54, 1.807) is 6.20 Å². The van der Waals surface area contributed by atoms with Crippen molar-refractivity contribution in [2.45, 2.75) is 9.79 Å². The van der Waals surface area contributed by atoms with E-state index < -0.39 is 17.5 Å². The smallest absolute Gasteiger partial charge is 0.371 e. The van der Waals surface area contributed by atoms with Crippen LogP contribution in [0.15, 0.2) is 64.4 Å². The normalized spacial score (nSPS) is 11.3. The van der Waals surface area contributed by atoms with E-state index in [1.165, 1.54) is 18.0 Å². The van der Waals surface area contributed by atoms with Crippen LogP contribution in [0.2, 0.25) is 0 Å². The van der Waals surface area contributed by atoms with Crippen LogP contribution in [0.4, 0.5) is 0 Å². The van der Waals surface area contributed by atoms with E-state index in [2.05, 4.69) is 4.98 Å². The standard InChI is InChI=1S/C14H11NO4S/c16-11(6-12(17)14(18)19)10-7-15-8-13(10)20-9-4-2-1-3-5-9/h1-8,15,17H,(H,18,19). The summed E-state index contributed by atoms with van der Waals surface area (Å²) < 4.78 is 0. The molecule has 20 heavy (non-hydrogen) atoms. The molecule has 6 heteroatoms. The van der Waals surface area contributed by atoms with Crippen molar-refractivity contribution >= 4 is 23.5 Å². The van der Waals surface area contributed by atoms with E-state index in [0.717, 1.165) is 4.90 Å². The molecule has 0 bridgehead atoms. The van der Waals surface area contributed by atoms with Crippen LogP contribution in [0, 0.1) is 0 Å². The Morgan fingerprint density at radius 3 is 2.45 bits per heavy atom. The van der Waals surface area contributed by atoms with Gasteiger partial charge in [0.25, 0.3) is 0 Å². The largest absolute Gasteiger partial charge is 0.502 e. The van der Waals surface area contributed by atoms with Gasteiger partial charge in [0.2, 0.25) is 5.76 Å². The number of rotatable bonds is 5. The molecule has 0 spiro atoms. The number of nitrogens with one attached hydrogen (secondary N) is 1.